The summed E-state index contributed by atoms with van der Waals surface area (Å²) in [5, 5.41) is 11.8. The topological polar surface area (TPSA) is 122 Å². The van der Waals surface area contributed by atoms with Crippen LogP contribution in [0.3, 0.4) is 0 Å². The summed E-state index contributed by atoms with van der Waals surface area (Å²) >= 11 is 0. The van der Waals surface area contributed by atoms with Gasteiger partial charge in [0.05, 0.1) is 71.7 Å². The molecule has 0 unspecified atom stereocenters. The van der Waals surface area contributed by atoms with Crippen molar-refractivity contribution in [2.75, 3.05) is 20.3 Å². The van der Waals surface area contributed by atoms with Gasteiger partial charge in [0.2, 0.25) is 0 Å². The first-order valence-electron chi connectivity index (χ1n) is 28.4. The number of ether oxygens (including phenoxy) is 11. The molecule has 0 saturated carbocycles. The van der Waals surface area contributed by atoms with E-state index in [1.165, 1.54) is 0 Å². The minimum atomic E-state index is -0.838. The third kappa shape index (κ3) is 18.9. The van der Waals surface area contributed by atoms with Crippen molar-refractivity contribution in [2.45, 2.75) is 139 Å². The van der Waals surface area contributed by atoms with Crippen LogP contribution in [0.25, 0.3) is 0 Å². The number of hydrogen-bond acceptors (Lipinski definition) is 12. The van der Waals surface area contributed by atoms with Crippen molar-refractivity contribution in [3.63, 3.8) is 0 Å². The Bertz CT molecular complexity index is 2780. The summed E-state index contributed by atoms with van der Waals surface area (Å²) in [7, 11) is 1.61. The first-order chi connectivity index (χ1) is 40.1. The van der Waals surface area contributed by atoms with Gasteiger partial charge in [-0.3, -0.25) is 0 Å². The van der Waals surface area contributed by atoms with Crippen LogP contribution in [0, 0.1) is 0 Å². The van der Waals surface area contributed by atoms with Crippen molar-refractivity contribution >= 4 is 0 Å². The minimum absolute atomic E-state index is 0.227. The van der Waals surface area contributed by atoms with Crippen molar-refractivity contribution in [3.05, 3.63) is 263 Å². The summed E-state index contributed by atoms with van der Waals surface area (Å²) in [5.74, 6) is 0. The number of unbranched alkanes of at least 4 members (excludes halogenated alkanes) is 1. The van der Waals surface area contributed by atoms with Crippen LogP contribution >= 0.6 is 0 Å². The Balaban J connectivity index is 0.870. The first-order valence-corrected chi connectivity index (χ1v) is 28.4. The SMILES string of the molecule is CO[C@H]1O[C@H](C[C@H](O)CCC/C=C/CO[C@@H]2O[C@H](COCc3ccccc3)[C@@H](OCc3ccccc3)[C@H](OCc3ccccc3)[C@H]2OCc2ccccc2)[C@@H](OCc2ccccc2)[C@H](OCc2ccccc2)[C@H]1OCc1ccccc1. The van der Waals surface area contributed by atoms with Gasteiger partial charge in [-0.2, -0.15) is 0 Å². The van der Waals surface area contributed by atoms with Crippen LogP contribution < -0.4 is 0 Å². The Morgan fingerprint density at radius 2 is 0.716 bits per heavy atom. The lowest BCUT2D eigenvalue weighted by molar-refractivity contribution is -0.326. The number of hydrogen-bond donors (Lipinski definition) is 1. The molecule has 12 heteroatoms. The van der Waals surface area contributed by atoms with Gasteiger partial charge in [0.25, 0.3) is 0 Å². The van der Waals surface area contributed by atoms with Gasteiger partial charge in [0, 0.05) is 13.5 Å². The van der Waals surface area contributed by atoms with Gasteiger partial charge in [-0.25, -0.2) is 0 Å². The maximum Gasteiger partial charge on any atom is 0.187 e. The van der Waals surface area contributed by atoms with E-state index in [1.54, 1.807) is 7.11 Å². The van der Waals surface area contributed by atoms with E-state index in [0.29, 0.717) is 71.9 Å². The maximum absolute atomic E-state index is 11.8. The fourth-order valence-electron chi connectivity index (χ4n) is 10.2. The smallest absolute Gasteiger partial charge is 0.187 e. The number of aliphatic hydroxyl groups is 1. The molecule has 1 N–H and O–H groups in total. The van der Waals surface area contributed by atoms with Crippen LogP contribution in [0.1, 0.15) is 64.6 Å². The van der Waals surface area contributed by atoms with Gasteiger partial charge in [-0.05, 0) is 58.2 Å². The fourth-order valence-corrected chi connectivity index (χ4v) is 10.2. The quantitative estimate of drug-likeness (QED) is 0.0319. The molecule has 2 heterocycles. The number of benzene rings is 7. The number of aliphatic hydroxyl groups excluding tert-OH is 1. The molecule has 0 radical (unpaired) electrons. The maximum atomic E-state index is 11.8. The molecule has 2 aliphatic heterocycles. The predicted molar refractivity (Wildman–Crippen MR) is 310 cm³/mol. The lowest BCUT2D eigenvalue weighted by atomic mass is 9.92. The fraction of sp³-hybridized carbons (Fsp3) is 0.362. The van der Waals surface area contributed by atoms with Crippen LogP contribution in [0.4, 0.5) is 0 Å². The normalized spacial score (nSPS) is 23.3. The molecule has 12 nitrogen and oxygen atoms in total. The van der Waals surface area contributed by atoms with E-state index in [-0.39, 0.29) is 13.2 Å². The molecule has 7 aromatic rings. The van der Waals surface area contributed by atoms with Crippen molar-refractivity contribution in [2.24, 2.45) is 0 Å². The predicted octanol–water partition coefficient (Wildman–Crippen LogP) is 12.3. The van der Waals surface area contributed by atoms with Crippen molar-refractivity contribution in [3.8, 4) is 0 Å². The first kappa shape index (κ1) is 59.4. The molecule has 0 amide bonds. The van der Waals surface area contributed by atoms with E-state index in [1.807, 2.05) is 218 Å². The summed E-state index contributed by atoms with van der Waals surface area (Å²) in [6, 6.07) is 70.4. The third-order valence-corrected chi connectivity index (χ3v) is 14.5. The van der Waals surface area contributed by atoms with E-state index in [0.717, 1.165) is 38.9 Å². The monoisotopic (exact) mass is 1100 g/mol. The standard InChI is InChI=1S/C69H78O12/c1-71-68-66(78-49-57-37-21-9-22-38-57)64(76-47-55-33-17-7-18-34-55)62(74-45-53-29-13-5-14-30-53)60(80-68)43-59(70)41-25-2-3-26-42-73-69-67(79-50-58-39-23-10-24-40-58)65(77-48-56-35-19-8-20-36-56)63(75-46-54-31-15-6-16-32-54)61(81-69)51-72-44-52-27-11-4-12-28-52/h3-24,26-40,59-70H,2,25,41-51H2,1H3/b26-3+/t59-,60-,61-,62-,63-,64+,65+,66-,67-,68+,69-/m1/s1. The lowest BCUT2D eigenvalue weighted by Gasteiger charge is -2.46. The van der Waals surface area contributed by atoms with Gasteiger partial charge >= 0.3 is 0 Å². The molecule has 0 aromatic heterocycles. The van der Waals surface area contributed by atoms with Crippen LogP contribution in [-0.2, 0) is 98.4 Å². The summed E-state index contributed by atoms with van der Waals surface area (Å²) in [4.78, 5) is 0. The highest BCUT2D eigenvalue weighted by Gasteiger charge is 2.50. The van der Waals surface area contributed by atoms with Gasteiger partial charge in [-0.1, -0.05) is 224 Å². The Labute approximate surface area is 478 Å². The molecule has 426 valence electrons. The van der Waals surface area contributed by atoms with E-state index >= 15 is 0 Å². The largest absolute Gasteiger partial charge is 0.393 e. The van der Waals surface area contributed by atoms with Crippen molar-refractivity contribution in [1.29, 1.82) is 0 Å². The highest BCUT2D eigenvalue weighted by molar-refractivity contribution is 5.19. The molecule has 7 aromatic carbocycles. The molecular weight excluding hydrogens is 1020 g/mol. The number of methoxy groups -OCH3 is 1. The molecule has 9 rings (SSSR count). The molecular formula is C69H78O12. The third-order valence-electron chi connectivity index (χ3n) is 14.5. The zero-order valence-corrected chi connectivity index (χ0v) is 46.3. The van der Waals surface area contributed by atoms with E-state index in [2.05, 4.69) is 6.08 Å². The van der Waals surface area contributed by atoms with Gasteiger partial charge in [0.15, 0.2) is 12.6 Å². The Morgan fingerprint density at radius 3 is 1.11 bits per heavy atom. The molecule has 11 atom stereocenters. The molecule has 0 spiro atoms. The zero-order valence-electron chi connectivity index (χ0n) is 46.3. The summed E-state index contributed by atoms with van der Waals surface area (Å²) < 4.78 is 73.4. The van der Waals surface area contributed by atoms with E-state index < -0.39 is 67.5 Å². The highest BCUT2D eigenvalue weighted by Crippen LogP contribution is 2.35. The summed E-state index contributed by atoms with van der Waals surface area (Å²) in [5.41, 5.74) is 7.14. The molecule has 81 heavy (non-hydrogen) atoms. The average Bonchev–Trinajstić information content (AvgIpc) is 3.64. The summed E-state index contributed by atoms with van der Waals surface area (Å²) in [6.07, 6.45) is -0.860. The van der Waals surface area contributed by atoms with Crippen molar-refractivity contribution < 1.29 is 57.2 Å². The second-order valence-corrected chi connectivity index (χ2v) is 20.5. The average molecular weight is 1100 g/mol. The second kappa shape index (κ2) is 33.0. The van der Waals surface area contributed by atoms with Gasteiger partial charge in [0.1, 0.15) is 42.7 Å². The lowest BCUT2D eigenvalue weighted by Crippen LogP contribution is -2.61. The van der Waals surface area contributed by atoms with Crippen LogP contribution in [0.15, 0.2) is 224 Å². The minimum Gasteiger partial charge on any atom is -0.393 e. The van der Waals surface area contributed by atoms with Crippen LogP contribution in [0.2, 0.25) is 0 Å². The Hall–Kier alpha value is -6.20. The molecule has 2 fully saturated rings. The van der Waals surface area contributed by atoms with E-state index in [9.17, 15) is 5.11 Å². The second-order valence-electron chi connectivity index (χ2n) is 20.5. The number of rotatable bonds is 32. The molecule has 0 aliphatic carbocycles. The van der Waals surface area contributed by atoms with Crippen molar-refractivity contribution in [1.82, 2.24) is 0 Å². The zero-order chi connectivity index (χ0) is 55.5. The van der Waals surface area contributed by atoms with Gasteiger partial charge in [-0.15, -0.1) is 0 Å². The molecule has 2 aliphatic rings. The van der Waals surface area contributed by atoms with Crippen LogP contribution in [-0.4, -0.2) is 92.9 Å². The van der Waals surface area contributed by atoms with E-state index in [4.69, 9.17) is 52.1 Å². The Morgan fingerprint density at radius 1 is 0.383 bits per heavy atom. The summed E-state index contributed by atoms with van der Waals surface area (Å²) in [6.45, 7) is 2.81. The highest BCUT2D eigenvalue weighted by atomic mass is 16.7. The Kier molecular flexibility index (Phi) is 24.2. The molecule has 2 saturated heterocycles. The number of allylic oxidation sites excluding steroid dienone is 1. The molecule has 0 bridgehead atoms. The van der Waals surface area contributed by atoms with Crippen LogP contribution in [0.5, 0.6) is 0 Å². The van der Waals surface area contributed by atoms with Gasteiger partial charge < -0.3 is 57.2 Å².